The number of allylic oxidation sites excluding steroid dienone is 1. The van der Waals surface area contributed by atoms with Crippen LogP contribution in [-0.4, -0.2) is 29.6 Å². The zero-order chi connectivity index (χ0) is 19.5. The fourth-order valence-corrected chi connectivity index (χ4v) is 8.78. The third kappa shape index (κ3) is 1.87. The summed E-state index contributed by atoms with van der Waals surface area (Å²) >= 11 is 0. The van der Waals surface area contributed by atoms with Crippen LogP contribution in [0.3, 0.4) is 0 Å². The van der Waals surface area contributed by atoms with Gasteiger partial charge in [-0.1, -0.05) is 32.8 Å². The lowest BCUT2D eigenvalue weighted by Gasteiger charge is -2.59. The minimum atomic E-state index is -0.295. The normalized spacial score (nSPS) is 56.5. The first-order chi connectivity index (χ1) is 13.3. The number of hydrogen-bond donors (Lipinski definition) is 0. The van der Waals surface area contributed by atoms with E-state index in [0.717, 1.165) is 38.5 Å². The van der Waals surface area contributed by atoms with Crippen molar-refractivity contribution in [2.24, 2.45) is 34.5 Å². The summed E-state index contributed by atoms with van der Waals surface area (Å²) in [4.78, 5) is 24.3. The first kappa shape index (κ1) is 17.7. The van der Waals surface area contributed by atoms with Gasteiger partial charge in [-0.15, -0.1) is 0 Å². The highest BCUT2D eigenvalue weighted by Gasteiger charge is 2.79. The van der Waals surface area contributed by atoms with Crippen molar-refractivity contribution in [2.45, 2.75) is 89.9 Å². The zero-order valence-electron chi connectivity index (χ0n) is 17.3. The molecule has 4 nitrogen and oxygen atoms in total. The van der Waals surface area contributed by atoms with Crippen LogP contribution in [0.1, 0.15) is 72.1 Å². The van der Waals surface area contributed by atoms with Crippen molar-refractivity contribution in [3.63, 3.8) is 0 Å². The SMILES string of the molecule is CC[C@@H]1CC2=CC(=O)CC[C@]2(C)C2C1C1CCC3(CCC(=O)O3)[C@@]1(C)C1O[C@H]12. The average Bonchev–Trinajstić information content (AvgIpc) is 3.30. The lowest BCUT2D eigenvalue weighted by Crippen LogP contribution is -2.60. The molecule has 6 rings (SSSR count). The molecule has 6 aliphatic rings. The summed E-state index contributed by atoms with van der Waals surface area (Å²) < 4.78 is 12.6. The third-order valence-electron chi connectivity index (χ3n) is 10.2. The fraction of sp³-hybridized carbons (Fsp3) is 0.833. The van der Waals surface area contributed by atoms with Crippen LogP contribution < -0.4 is 0 Å². The molecular weight excluding hydrogens is 352 g/mol. The van der Waals surface area contributed by atoms with Gasteiger partial charge in [0.1, 0.15) is 5.60 Å². The number of ether oxygens (including phenoxy) is 2. The lowest BCUT2D eigenvalue weighted by molar-refractivity contribution is -0.167. The predicted molar refractivity (Wildman–Crippen MR) is 103 cm³/mol. The summed E-state index contributed by atoms with van der Waals surface area (Å²) in [6.07, 6.45) is 9.96. The molecule has 28 heavy (non-hydrogen) atoms. The Morgan fingerprint density at radius 3 is 2.68 bits per heavy atom. The standard InChI is InChI=1S/C24H32O4/c1-4-13-11-14-12-15(25)5-8-22(14,2)19-18(13)16-6-9-24(10-7-17(26)28-24)23(16,3)21-20(19)27-21/h12-13,16,18-21H,4-11H2,1-3H3/t13-,16?,18?,19?,20+,21?,22+,23-,24?/m1/s1. The maximum atomic E-state index is 12.2. The molecule has 0 bridgehead atoms. The smallest absolute Gasteiger partial charge is 0.306 e. The molecule has 1 spiro atoms. The van der Waals surface area contributed by atoms with Gasteiger partial charge in [0.25, 0.3) is 0 Å². The van der Waals surface area contributed by atoms with E-state index in [9.17, 15) is 9.59 Å². The van der Waals surface area contributed by atoms with Crippen molar-refractivity contribution in [3.05, 3.63) is 11.6 Å². The van der Waals surface area contributed by atoms with Crippen molar-refractivity contribution in [1.29, 1.82) is 0 Å². The first-order valence-corrected chi connectivity index (χ1v) is 11.5. The summed E-state index contributed by atoms with van der Waals surface area (Å²) in [7, 11) is 0. The maximum Gasteiger partial charge on any atom is 0.306 e. The number of epoxide rings is 1. The van der Waals surface area contributed by atoms with Gasteiger partial charge in [0, 0.05) is 24.2 Å². The number of rotatable bonds is 1. The highest BCUT2D eigenvalue weighted by Crippen LogP contribution is 2.75. The molecular formula is C24H32O4. The summed E-state index contributed by atoms with van der Waals surface area (Å²) in [6.45, 7) is 7.11. The van der Waals surface area contributed by atoms with Crippen molar-refractivity contribution >= 4 is 11.8 Å². The minimum absolute atomic E-state index is 0.0140. The van der Waals surface area contributed by atoms with E-state index >= 15 is 0 Å². The van der Waals surface area contributed by atoms with Crippen molar-refractivity contribution in [2.75, 3.05) is 0 Å². The molecule has 3 saturated carbocycles. The monoisotopic (exact) mass is 384 g/mol. The Morgan fingerprint density at radius 2 is 1.96 bits per heavy atom. The van der Waals surface area contributed by atoms with Gasteiger partial charge in [0.05, 0.1) is 12.2 Å². The Labute approximate surface area is 167 Å². The van der Waals surface area contributed by atoms with Gasteiger partial charge < -0.3 is 9.47 Å². The van der Waals surface area contributed by atoms with Crippen LogP contribution in [0.15, 0.2) is 11.6 Å². The van der Waals surface area contributed by atoms with Gasteiger partial charge in [0.15, 0.2) is 5.78 Å². The van der Waals surface area contributed by atoms with Crippen LogP contribution in [0.4, 0.5) is 0 Å². The molecule has 5 fully saturated rings. The van der Waals surface area contributed by atoms with Crippen molar-refractivity contribution in [1.82, 2.24) is 0 Å². The number of ketones is 1. The maximum absolute atomic E-state index is 12.2. The van der Waals surface area contributed by atoms with Gasteiger partial charge in [0.2, 0.25) is 0 Å². The van der Waals surface area contributed by atoms with E-state index in [1.807, 2.05) is 6.08 Å². The Hall–Kier alpha value is -1.16. The number of fused-ring (bicyclic) bond motifs is 9. The Balaban J connectivity index is 1.46. The molecule has 0 N–H and O–H groups in total. The highest BCUT2D eigenvalue weighted by molar-refractivity contribution is 5.91. The second-order valence-corrected chi connectivity index (χ2v) is 10.9. The van der Waals surface area contributed by atoms with E-state index in [4.69, 9.17) is 9.47 Å². The Kier molecular flexibility index (Phi) is 3.35. The number of esters is 1. The number of hydrogen-bond acceptors (Lipinski definition) is 4. The van der Waals surface area contributed by atoms with Crippen LogP contribution in [0, 0.1) is 34.5 Å². The quantitative estimate of drug-likeness (QED) is 0.502. The van der Waals surface area contributed by atoms with Crippen LogP contribution in [0.2, 0.25) is 0 Å². The van der Waals surface area contributed by atoms with E-state index in [1.54, 1.807) is 0 Å². The molecule has 152 valence electrons. The highest BCUT2D eigenvalue weighted by atomic mass is 16.6. The van der Waals surface area contributed by atoms with E-state index in [2.05, 4.69) is 20.8 Å². The largest absolute Gasteiger partial charge is 0.458 e. The third-order valence-corrected chi connectivity index (χ3v) is 10.2. The van der Waals surface area contributed by atoms with Crippen molar-refractivity contribution < 1.29 is 19.1 Å². The van der Waals surface area contributed by atoms with Gasteiger partial charge >= 0.3 is 5.97 Å². The van der Waals surface area contributed by atoms with E-state index in [-0.39, 0.29) is 34.6 Å². The lowest BCUT2D eigenvalue weighted by atomic mass is 9.44. The van der Waals surface area contributed by atoms with Crippen molar-refractivity contribution in [3.8, 4) is 0 Å². The Morgan fingerprint density at radius 1 is 1.14 bits per heavy atom. The van der Waals surface area contributed by atoms with E-state index < -0.39 is 0 Å². The second kappa shape index (κ2) is 5.30. The van der Waals surface area contributed by atoms with Gasteiger partial charge in [-0.3, -0.25) is 9.59 Å². The van der Waals surface area contributed by atoms with Crippen LogP contribution >= 0.6 is 0 Å². The fourth-order valence-electron chi connectivity index (χ4n) is 8.78. The summed E-state index contributed by atoms with van der Waals surface area (Å²) in [5.41, 5.74) is 1.17. The molecule has 9 atom stereocenters. The van der Waals surface area contributed by atoms with Crippen LogP contribution in [0.25, 0.3) is 0 Å². The molecule has 0 aromatic heterocycles. The van der Waals surface area contributed by atoms with Gasteiger partial charge in [-0.05, 0) is 61.3 Å². The molecule has 2 heterocycles. The summed E-state index contributed by atoms with van der Waals surface area (Å²) in [5, 5.41) is 0. The molecule has 0 aromatic rings. The average molecular weight is 385 g/mol. The zero-order valence-corrected chi connectivity index (χ0v) is 17.3. The molecule has 2 aliphatic heterocycles. The van der Waals surface area contributed by atoms with E-state index in [1.165, 1.54) is 5.57 Å². The van der Waals surface area contributed by atoms with Gasteiger partial charge in [-0.2, -0.15) is 0 Å². The van der Waals surface area contributed by atoms with Gasteiger partial charge in [-0.25, -0.2) is 0 Å². The van der Waals surface area contributed by atoms with E-state index in [0.29, 0.717) is 42.3 Å². The molecule has 5 unspecified atom stereocenters. The number of carbonyl (C=O) groups is 2. The first-order valence-electron chi connectivity index (χ1n) is 11.5. The van der Waals surface area contributed by atoms with Crippen LogP contribution in [-0.2, 0) is 19.1 Å². The summed E-state index contributed by atoms with van der Waals surface area (Å²) in [5.74, 6) is 2.60. The minimum Gasteiger partial charge on any atom is -0.458 e. The number of carbonyl (C=O) groups excluding carboxylic acids is 2. The molecule has 0 aromatic carbocycles. The van der Waals surface area contributed by atoms with Crippen LogP contribution in [0.5, 0.6) is 0 Å². The molecule has 4 aliphatic carbocycles. The topological polar surface area (TPSA) is 55.9 Å². The molecule has 0 amide bonds. The predicted octanol–water partition coefficient (Wildman–Crippen LogP) is 4.22. The molecule has 0 radical (unpaired) electrons. The second-order valence-electron chi connectivity index (χ2n) is 10.9. The Bertz CT molecular complexity index is 800. The molecule has 2 saturated heterocycles. The summed E-state index contributed by atoms with van der Waals surface area (Å²) in [6, 6.07) is 0. The molecule has 4 heteroatoms.